The lowest BCUT2D eigenvalue weighted by molar-refractivity contribution is -0.145. The predicted molar refractivity (Wildman–Crippen MR) is 150 cm³/mol. The number of sulfonamides is 1. The molecule has 0 bridgehead atoms. The Balaban J connectivity index is 1.67. The van der Waals surface area contributed by atoms with E-state index >= 15 is 0 Å². The minimum Gasteiger partial charge on any atom is -0.478 e. The van der Waals surface area contributed by atoms with Crippen molar-refractivity contribution in [2.75, 3.05) is 4.31 Å². The standard InChI is InChI=1S/C29H27N5O5S/c1-18-15-19(2)28(20(3)16-18)40(37,38)34(17-26-30-32-33-31-26)24-13-14-25(23-12-8-7-11-22(23)24)39-27(29(35)36)21-9-5-4-6-10-21/h4-16,27H,17H2,1-3H3,(H,35,36)(H,30,31,32,33). The van der Waals surface area contributed by atoms with Gasteiger partial charge in [0.25, 0.3) is 10.0 Å². The number of carbonyl (C=O) groups is 1. The summed E-state index contributed by atoms with van der Waals surface area (Å²) in [7, 11) is -4.12. The highest BCUT2D eigenvalue weighted by atomic mass is 32.2. The maximum atomic E-state index is 14.3. The predicted octanol–water partition coefficient (Wildman–Crippen LogP) is 4.88. The van der Waals surface area contributed by atoms with E-state index in [0.717, 1.165) is 5.56 Å². The molecule has 4 aromatic carbocycles. The van der Waals surface area contributed by atoms with E-state index in [-0.39, 0.29) is 17.3 Å². The molecule has 0 aliphatic rings. The van der Waals surface area contributed by atoms with Crippen LogP contribution in [0.25, 0.3) is 10.8 Å². The summed E-state index contributed by atoms with van der Waals surface area (Å²) in [5.74, 6) is -0.661. The van der Waals surface area contributed by atoms with E-state index in [9.17, 15) is 18.3 Å². The third kappa shape index (κ3) is 5.10. The molecule has 5 rings (SSSR count). The maximum Gasteiger partial charge on any atom is 0.349 e. The Kier molecular flexibility index (Phi) is 7.22. The van der Waals surface area contributed by atoms with Gasteiger partial charge in [-0.3, -0.25) is 4.31 Å². The molecule has 40 heavy (non-hydrogen) atoms. The average Bonchev–Trinajstić information content (AvgIpc) is 3.43. The molecule has 204 valence electrons. The number of aromatic nitrogens is 4. The minimum atomic E-state index is -4.12. The van der Waals surface area contributed by atoms with E-state index in [1.807, 2.05) is 19.1 Å². The van der Waals surface area contributed by atoms with Crippen LogP contribution in [0.5, 0.6) is 5.75 Å². The molecule has 0 aliphatic heterocycles. The molecule has 0 fully saturated rings. The number of carboxylic acids is 1. The Hall–Kier alpha value is -4.77. The zero-order valence-electron chi connectivity index (χ0n) is 22.1. The van der Waals surface area contributed by atoms with Gasteiger partial charge < -0.3 is 9.84 Å². The molecule has 0 saturated carbocycles. The Morgan fingerprint density at radius 1 is 0.950 bits per heavy atom. The molecule has 0 amide bonds. The van der Waals surface area contributed by atoms with Crippen LogP contribution in [0.4, 0.5) is 5.69 Å². The average molecular weight is 558 g/mol. The van der Waals surface area contributed by atoms with Gasteiger partial charge in [-0.2, -0.15) is 5.21 Å². The van der Waals surface area contributed by atoms with Crippen LogP contribution in [0.2, 0.25) is 0 Å². The van der Waals surface area contributed by atoms with Crippen molar-refractivity contribution < 1.29 is 23.1 Å². The molecule has 10 nitrogen and oxygen atoms in total. The molecule has 0 saturated heterocycles. The molecule has 1 atom stereocenters. The Labute approximate surface area is 231 Å². The highest BCUT2D eigenvalue weighted by molar-refractivity contribution is 7.93. The number of nitrogens with one attached hydrogen (secondary N) is 1. The zero-order chi connectivity index (χ0) is 28.4. The number of aliphatic carboxylic acids is 1. The number of carboxylic acid groups (broad SMARTS) is 1. The van der Waals surface area contributed by atoms with Gasteiger partial charge in [0, 0.05) is 16.3 Å². The summed E-state index contributed by atoms with van der Waals surface area (Å²) in [5, 5.41) is 25.0. The molecular weight excluding hydrogens is 530 g/mol. The molecule has 1 unspecified atom stereocenters. The number of hydrogen-bond donors (Lipinski definition) is 2. The molecule has 0 radical (unpaired) electrons. The fourth-order valence-electron chi connectivity index (χ4n) is 4.95. The number of tetrazole rings is 1. The van der Waals surface area contributed by atoms with Crippen LogP contribution >= 0.6 is 0 Å². The lowest BCUT2D eigenvalue weighted by Gasteiger charge is -2.27. The fourth-order valence-corrected chi connectivity index (χ4v) is 6.81. The number of ether oxygens (including phenoxy) is 1. The summed E-state index contributed by atoms with van der Waals surface area (Å²) in [4.78, 5) is 12.3. The van der Waals surface area contributed by atoms with Gasteiger partial charge in [0.05, 0.1) is 17.1 Å². The molecule has 0 spiro atoms. The van der Waals surface area contributed by atoms with E-state index in [1.54, 1.807) is 80.6 Å². The van der Waals surface area contributed by atoms with E-state index in [0.29, 0.717) is 38.9 Å². The monoisotopic (exact) mass is 557 g/mol. The summed E-state index contributed by atoms with van der Waals surface area (Å²) in [5.41, 5.74) is 3.03. The zero-order valence-corrected chi connectivity index (χ0v) is 22.9. The van der Waals surface area contributed by atoms with Crippen molar-refractivity contribution in [1.29, 1.82) is 0 Å². The second kappa shape index (κ2) is 10.8. The Bertz CT molecular complexity index is 1770. The number of fused-ring (bicyclic) bond motifs is 1. The van der Waals surface area contributed by atoms with Crippen molar-refractivity contribution in [2.24, 2.45) is 0 Å². The van der Waals surface area contributed by atoms with Gasteiger partial charge in [0.1, 0.15) is 5.75 Å². The third-order valence-electron chi connectivity index (χ3n) is 6.53. The van der Waals surface area contributed by atoms with E-state index in [1.165, 1.54) is 4.31 Å². The maximum absolute atomic E-state index is 14.3. The van der Waals surface area contributed by atoms with Crippen molar-refractivity contribution in [2.45, 2.75) is 38.3 Å². The Morgan fingerprint density at radius 2 is 1.60 bits per heavy atom. The number of nitrogens with zero attached hydrogens (tertiary/aromatic N) is 4. The molecule has 5 aromatic rings. The summed E-state index contributed by atoms with van der Waals surface area (Å²) in [6.45, 7) is 5.27. The number of aryl methyl sites for hydroxylation is 3. The first-order valence-electron chi connectivity index (χ1n) is 12.5. The van der Waals surface area contributed by atoms with E-state index < -0.39 is 22.1 Å². The summed E-state index contributed by atoms with van der Waals surface area (Å²) >= 11 is 0. The number of rotatable bonds is 9. The smallest absolute Gasteiger partial charge is 0.349 e. The number of hydrogen-bond acceptors (Lipinski definition) is 7. The number of anilines is 1. The molecular formula is C29H27N5O5S. The van der Waals surface area contributed by atoms with Crippen LogP contribution in [-0.2, 0) is 21.4 Å². The summed E-state index contributed by atoms with van der Waals surface area (Å²) in [6, 6.07) is 22.6. The van der Waals surface area contributed by atoms with Gasteiger partial charge >= 0.3 is 5.97 Å². The van der Waals surface area contributed by atoms with E-state index in [2.05, 4.69) is 20.6 Å². The third-order valence-corrected chi connectivity index (χ3v) is 8.59. The molecule has 2 N–H and O–H groups in total. The van der Waals surface area contributed by atoms with Crippen LogP contribution in [0.3, 0.4) is 0 Å². The number of aromatic amines is 1. The van der Waals surface area contributed by atoms with Gasteiger partial charge in [0.15, 0.2) is 5.82 Å². The Morgan fingerprint density at radius 3 is 2.23 bits per heavy atom. The van der Waals surface area contributed by atoms with Crippen LogP contribution in [-0.4, -0.2) is 40.1 Å². The van der Waals surface area contributed by atoms with Crippen LogP contribution in [0.1, 0.15) is 34.2 Å². The van der Waals surface area contributed by atoms with Crippen molar-refractivity contribution >= 4 is 32.5 Å². The lowest BCUT2D eigenvalue weighted by Crippen LogP contribution is -2.32. The molecule has 1 heterocycles. The molecule has 1 aromatic heterocycles. The largest absolute Gasteiger partial charge is 0.478 e. The summed E-state index contributed by atoms with van der Waals surface area (Å²) < 4.78 is 35.9. The normalized spacial score (nSPS) is 12.3. The van der Waals surface area contributed by atoms with Gasteiger partial charge in [-0.1, -0.05) is 77.5 Å². The summed E-state index contributed by atoms with van der Waals surface area (Å²) in [6.07, 6.45) is -1.26. The first-order valence-corrected chi connectivity index (χ1v) is 13.9. The fraction of sp³-hybridized carbons (Fsp3) is 0.172. The van der Waals surface area contributed by atoms with Gasteiger partial charge in [-0.05, 0) is 44.0 Å². The van der Waals surface area contributed by atoms with Crippen LogP contribution in [0.15, 0.2) is 83.8 Å². The van der Waals surface area contributed by atoms with Crippen molar-refractivity contribution in [3.8, 4) is 5.75 Å². The molecule has 11 heteroatoms. The second-order valence-corrected chi connectivity index (χ2v) is 11.2. The van der Waals surface area contributed by atoms with Crippen LogP contribution < -0.4 is 9.04 Å². The topological polar surface area (TPSA) is 138 Å². The molecule has 0 aliphatic carbocycles. The van der Waals surface area contributed by atoms with Gasteiger partial charge in [-0.25, -0.2) is 13.2 Å². The van der Waals surface area contributed by atoms with E-state index in [4.69, 9.17) is 4.74 Å². The highest BCUT2D eigenvalue weighted by Gasteiger charge is 2.31. The van der Waals surface area contributed by atoms with Crippen LogP contribution in [0, 0.1) is 20.8 Å². The minimum absolute atomic E-state index is 0.183. The quantitative estimate of drug-likeness (QED) is 0.262. The first-order chi connectivity index (χ1) is 19.2. The van der Waals surface area contributed by atoms with Crippen molar-refractivity contribution in [3.05, 3.63) is 107 Å². The first kappa shape index (κ1) is 26.8. The van der Waals surface area contributed by atoms with Gasteiger partial charge in [0.2, 0.25) is 6.10 Å². The highest BCUT2D eigenvalue weighted by Crippen LogP contribution is 2.39. The number of benzene rings is 4. The number of H-pyrrole nitrogens is 1. The van der Waals surface area contributed by atoms with Gasteiger partial charge in [-0.15, -0.1) is 10.2 Å². The SMILES string of the molecule is Cc1cc(C)c(S(=O)(=O)N(Cc2nn[nH]n2)c2ccc(OC(C(=O)O)c3ccccc3)c3ccccc23)c(C)c1. The van der Waals surface area contributed by atoms with Crippen molar-refractivity contribution in [3.63, 3.8) is 0 Å². The second-order valence-electron chi connectivity index (χ2n) is 9.44. The lowest BCUT2D eigenvalue weighted by atomic mass is 10.1. The van der Waals surface area contributed by atoms with Crippen molar-refractivity contribution in [1.82, 2.24) is 20.6 Å².